The third-order valence-corrected chi connectivity index (χ3v) is 4.80. The number of hydrogen-bond donors (Lipinski definition) is 1. The number of esters is 4. The minimum absolute atomic E-state index is 0.0757. The molecule has 0 radical (unpaired) electrons. The van der Waals surface area contributed by atoms with E-state index in [4.69, 9.17) is 19.3 Å². The van der Waals surface area contributed by atoms with Crippen LogP contribution < -0.4 is 0 Å². The van der Waals surface area contributed by atoms with Gasteiger partial charge in [-0.15, -0.1) is 0 Å². The van der Waals surface area contributed by atoms with Gasteiger partial charge in [-0.2, -0.15) is 0 Å². The largest absolute Gasteiger partial charge is 0.465 e. The summed E-state index contributed by atoms with van der Waals surface area (Å²) in [6.45, 7) is 21.0. The molecule has 0 saturated heterocycles. The Balaban J connectivity index is 0. The van der Waals surface area contributed by atoms with Crippen molar-refractivity contribution in [2.45, 2.75) is 65.3 Å². The second kappa shape index (κ2) is 21.0. The molecule has 1 N–H and O–H groups in total. The Kier molecular flexibility index (Phi) is 20.1. The molecule has 1 aliphatic heterocycles. The summed E-state index contributed by atoms with van der Waals surface area (Å²) in [6.07, 6.45) is 7.47. The van der Waals surface area contributed by atoms with Crippen LogP contribution in [0.3, 0.4) is 0 Å². The highest BCUT2D eigenvalue weighted by Crippen LogP contribution is 2.23. The number of cyclic esters (lactones) is 1. The van der Waals surface area contributed by atoms with E-state index < -0.39 is 28.9 Å². The molecule has 0 atom stereocenters. The number of allylic oxidation sites excluding steroid dienone is 1. The second-order valence-electron chi connectivity index (χ2n) is 9.35. The Labute approximate surface area is 236 Å². The van der Waals surface area contributed by atoms with Crippen molar-refractivity contribution in [3.8, 4) is 0 Å². The van der Waals surface area contributed by atoms with E-state index in [1.807, 2.05) is 0 Å². The zero-order chi connectivity index (χ0) is 31.2. The summed E-state index contributed by atoms with van der Waals surface area (Å²) in [5.41, 5.74) is -1.58. The first kappa shape index (κ1) is 38.3. The zero-order valence-corrected chi connectivity index (χ0v) is 24.1. The van der Waals surface area contributed by atoms with Crippen LogP contribution >= 0.6 is 0 Å². The van der Waals surface area contributed by atoms with Gasteiger partial charge in [-0.1, -0.05) is 26.3 Å². The molecular formula is C29H43NO10. The smallest absolute Gasteiger partial charge is 0.340 e. The predicted octanol–water partition coefficient (Wildman–Crippen LogP) is 3.60. The molecule has 224 valence electrons. The highest BCUT2D eigenvalue weighted by Gasteiger charge is 2.35. The van der Waals surface area contributed by atoms with Gasteiger partial charge < -0.3 is 24.1 Å². The van der Waals surface area contributed by atoms with Gasteiger partial charge in [0.15, 0.2) is 11.3 Å². The van der Waals surface area contributed by atoms with Gasteiger partial charge >= 0.3 is 23.9 Å². The average Bonchev–Trinajstić information content (AvgIpc) is 3.19. The van der Waals surface area contributed by atoms with Crippen LogP contribution in [0.4, 0.5) is 0 Å². The van der Waals surface area contributed by atoms with Crippen molar-refractivity contribution in [2.75, 3.05) is 26.4 Å². The van der Waals surface area contributed by atoms with Crippen LogP contribution in [-0.2, 0) is 42.9 Å². The maximum Gasteiger partial charge on any atom is 0.340 e. The topological polar surface area (TPSA) is 155 Å². The lowest BCUT2D eigenvalue weighted by atomic mass is 9.87. The summed E-state index contributed by atoms with van der Waals surface area (Å²) in [4.78, 5) is 59.0. The van der Waals surface area contributed by atoms with E-state index in [1.54, 1.807) is 27.7 Å². The third-order valence-electron chi connectivity index (χ3n) is 4.80. The van der Waals surface area contributed by atoms with Gasteiger partial charge in [0, 0.05) is 25.2 Å². The normalized spacial score (nSPS) is 12.9. The van der Waals surface area contributed by atoms with Crippen LogP contribution in [0.1, 0.15) is 59.8 Å². The van der Waals surface area contributed by atoms with Gasteiger partial charge in [0.25, 0.3) is 0 Å². The number of nitrogens with zero attached hydrogens (tertiary/aromatic N) is 1. The van der Waals surface area contributed by atoms with Gasteiger partial charge in [-0.3, -0.25) is 9.59 Å². The van der Waals surface area contributed by atoms with Crippen molar-refractivity contribution in [3.63, 3.8) is 0 Å². The van der Waals surface area contributed by atoms with E-state index in [0.29, 0.717) is 38.2 Å². The Morgan fingerprint density at radius 2 is 1.35 bits per heavy atom. The van der Waals surface area contributed by atoms with Gasteiger partial charge in [-0.25, -0.2) is 19.4 Å². The molecule has 0 aromatic heterocycles. The van der Waals surface area contributed by atoms with E-state index >= 15 is 0 Å². The van der Waals surface area contributed by atoms with Crippen molar-refractivity contribution in [3.05, 3.63) is 50.6 Å². The number of rotatable bonds is 16. The Morgan fingerprint density at radius 3 is 1.70 bits per heavy atom. The Bertz CT molecular complexity index is 931. The molecular weight excluding hydrogens is 522 g/mol. The summed E-state index contributed by atoms with van der Waals surface area (Å²) < 4.78 is 19.2. The lowest BCUT2D eigenvalue weighted by Gasteiger charge is -2.21. The van der Waals surface area contributed by atoms with Crippen molar-refractivity contribution in [1.29, 1.82) is 0 Å². The SMILES string of the molecule is C=CC(=O)CC(C)(C)C(=O)OCCCCOC(=O)C=C.C=CC(=O)OCCCCO.C=CC1=NC(C)(C)C(=O)O1. The molecule has 0 fully saturated rings. The molecule has 40 heavy (non-hydrogen) atoms. The quantitative estimate of drug-likeness (QED) is 0.127. The minimum atomic E-state index is -0.861. The minimum Gasteiger partial charge on any atom is -0.465 e. The van der Waals surface area contributed by atoms with Crippen LogP contribution in [0.2, 0.25) is 0 Å². The van der Waals surface area contributed by atoms with Gasteiger partial charge in [-0.05, 0) is 65.5 Å². The van der Waals surface area contributed by atoms with Gasteiger partial charge in [0.1, 0.15) is 0 Å². The predicted molar refractivity (Wildman–Crippen MR) is 150 cm³/mol. The number of hydrogen-bond acceptors (Lipinski definition) is 11. The second-order valence-corrected chi connectivity index (χ2v) is 9.35. The molecule has 0 spiro atoms. The van der Waals surface area contributed by atoms with E-state index in [0.717, 1.165) is 12.2 Å². The zero-order valence-electron chi connectivity index (χ0n) is 24.1. The highest BCUT2D eigenvalue weighted by atomic mass is 16.6. The number of ether oxygens (including phenoxy) is 4. The van der Waals surface area contributed by atoms with Crippen molar-refractivity contribution in [1.82, 2.24) is 0 Å². The van der Waals surface area contributed by atoms with Crippen LogP contribution in [0.25, 0.3) is 0 Å². The molecule has 0 saturated carbocycles. The van der Waals surface area contributed by atoms with Crippen LogP contribution in [0.5, 0.6) is 0 Å². The number of unbranched alkanes of at least 4 members (excludes halogenated alkanes) is 2. The molecule has 1 heterocycles. The maximum atomic E-state index is 11.8. The fourth-order valence-corrected chi connectivity index (χ4v) is 2.47. The maximum absolute atomic E-state index is 11.8. The molecule has 0 bridgehead atoms. The fraction of sp³-hybridized carbons (Fsp3) is 0.517. The number of aliphatic hydroxyl groups excluding tert-OH is 1. The molecule has 11 heteroatoms. The summed E-state index contributed by atoms with van der Waals surface area (Å²) in [5.74, 6) is -1.49. The molecule has 11 nitrogen and oxygen atoms in total. The monoisotopic (exact) mass is 565 g/mol. The van der Waals surface area contributed by atoms with E-state index in [9.17, 15) is 24.0 Å². The summed E-state index contributed by atoms with van der Waals surface area (Å²) in [5, 5.41) is 8.33. The number of aliphatic imine (C=N–C) groups is 1. The molecule has 0 aromatic carbocycles. The Hall–Kier alpha value is -3.86. The van der Waals surface area contributed by atoms with Crippen LogP contribution in [0, 0.1) is 5.41 Å². The summed E-state index contributed by atoms with van der Waals surface area (Å²) in [6, 6.07) is 0. The highest BCUT2D eigenvalue weighted by molar-refractivity contribution is 6.04. The van der Waals surface area contributed by atoms with Crippen LogP contribution in [-0.4, -0.2) is 72.6 Å². The van der Waals surface area contributed by atoms with E-state index in [-0.39, 0.29) is 38.0 Å². The average molecular weight is 566 g/mol. The molecule has 0 unspecified atom stereocenters. The van der Waals surface area contributed by atoms with Gasteiger partial charge in [0.2, 0.25) is 5.90 Å². The van der Waals surface area contributed by atoms with E-state index in [2.05, 4.69) is 36.0 Å². The number of carbonyl (C=O) groups excluding carboxylic acids is 5. The van der Waals surface area contributed by atoms with Crippen molar-refractivity contribution in [2.24, 2.45) is 10.4 Å². The Morgan fingerprint density at radius 1 is 0.875 bits per heavy atom. The number of carbonyl (C=O) groups is 5. The van der Waals surface area contributed by atoms with E-state index in [1.165, 1.54) is 12.2 Å². The standard InChI is InChI=1S/C15H22O5.C7H9NO2.C7H12O3/c1-5-12(16)11-15(3,4)14(18)20-10-8-7-9-19-13(17)6-2;1-4-5-8-7(2,3)6(9)10-5;1-2-7(9)10-6-4-3-5-8/h5-6H,1-2,7-11H2,3-4H3;4H,1H2,2-3H3;2,8H,1,3-6H2. The molecule has 0 amide bonds. The summed E-state index contributed by atoms with van der Waals surface area (Å²) in [7, 11) is 0. The van der Waals surface area contributed by atoms with Crippen molar-refractivity contribution >= 4 is 35.6 Å². The van der Waals surface area contributed by atoms with Gasteiger partial charge in [0.05, 0.1) is 25.2 Å². The first-order valence-electron chi connectivity index (χ1n) is 12.7. The lowest BCUT2D eigenvalue weighted by molar-refractivity contribution is -0.155. The molecule has 1 aliphatic rings. The molecule has 0 aromatic rings. The summed E-state index contributed by atoms with van der Waals surface area (Å²) >= 11 is 0. The van der Waals surface area contributed by atoms with Crippen molar-refractivity contribution < 1.29 is 48.0 Å². The molecule has 1 rings (SSSR count). The fourth-order valence-electron chi connectivity index (χ4n) is 2.47. The lowest BCUT2D eigenvalue weighted by Crippen LogP contribution is -2.29. The number of aliphatic hydroxyl groups is 1. The third kappa shape index (κ3) is 18.4. The first-order chi connectivity index (χ1) is 18.7. The molecule has 0 aliphatic carbocycles. The number of ketones is 1. The van der Waals surface area contributed by atoms with Crippen LogP contribution in [0.15, 0.2) is 55.6 Å². The first-order valence-corrected chi connectivity index (χ1v) is 12.7.